The first kappa shape index (κ1) is 17.5. The van der Waals surface area contributed by atoms with Crippen molar-refractivity contribution in [2.75, 3.05) is 20.6 Å². The van der Waals surface area contributed by atoms with Gasteiger partial charge in [0.1, 0.15) is 6.61 Å². The van der Waals surface area contributed by atoms with Crippen molar-refractivity contribution in [2.24, 2.45) is 0 Å². The Kier molecular flexibility index (Phi) is 6.21. The second-order valence-corrected chi connectivity index (χ2v) is 6.41. The van der Waals surface area contributed by atoms with Crippen molar-refractivity contribution in [3.63, 3.8) is 0 Å². The standard InChI is InChI=1S/C17H28N2O2/c1-14(2)19(6)17(3,4)13-18(5)16(20)21-12-15-10-8-7-9-11-15/h7-11,14H,12-13H2,1-6H3. The molecule has 0 aliphatic heterocycles. The fourth-order valence-electron chi connectivity index (χ4n) is 2.28. The second kappa shape index (κ2) is 7.46. The zero-order chi connectivity index (χ0) is 16.0. The zero-order valence-electron chi connectivity index (χ0n) is 14.1. The zero-order valence-corrected chi connectivity index (χ0v) is 14.1. The molecule has 0 unspecified atom stereocenters. The Morgan fingerprint density at radius 1 is 1.19 bits per heavy atom. The van der Waals surface area contributed by atoms with Crippen LogP contribution in [0.3, 0.4) is 0 Å². The van der Waals surface area contributed by atoms with E-state index in [1.54, 1.807) is 11.9 Å². The highest BCUT2D eigenvalue weighted by Gasteiger charge is 2.29. The van der Waals surface area contributed by atoms with Crippen LogP contribution >= 0.6 is 0 Å². The predicted octanol–water partition coefficient (Wildman–Crippen LogP) is 3.37. The summed E-state index contributed by atoms with van der Waals surface area (Å²) in [5, 5.41) is 0. The average Bonchev–Trinajstić information content (AvgIpc) is 2.44. The summed E-state index contributed by atoms with van der Waals surface area (Å²) in [6.07, 6.45) is -0.288. The molecule has 118 valence electrons. The molecule has 1 aromatic rings. The van der Waals surface area contributed by atoms with Gasteiger partial charge < -0.3 is 9.64 Å². The number of rotatable bonds is 6. The quantitative estimate of drug-likeness (QED) is 0.806. The van der Waals surface area contributed by atoms with Crippen molar-refractivity contribution in [1.29, 1.82) is 0 Å². The van der Waals surface area contributed by atoms with Crippen molar-refractivity contribution < 1.29 is 9.53 Å². The summed E-state index contributed by atoms with van der Waals surface area (Å²) in [4.78, 5) is 16.0. The minimum Gasteiger partial charge on any atom is -0.445 e. The summed E-state index contributed by atoms with van der Waals surface area (Å²) in [6.45, 7) is 9.49. The molecule has 4 nitrogen and oxygen atoms in total. The van der Waals surface area contributed by atoms with Crippen LogP contribution in [-0.2, 0) is 11.3 Å². The van der Waals surface area contributed by atoms with E-state index in [2.05, 4.69) is 39.6 Å². The van der Waals surface area contributed by atoms with Crippen LogP contribution in [0.25, 0.3) is 0 Å². The minimum atomic E-state index is -0.288. The maximum Gasteiger partial charge on any atom is 0.409 e. The van der Waals surface area contributed by atoms with Crippen molar-refractivity contribution in [2.45, 2.75) is 45.9 Å². The highest BCUT2D eigenvalue weighted by Crippen LogP contribution is 2.17. The van der Waals surface area contributed by atoms with Gasteiger partial charge in [-0.15, -0.1) is 0 Å². The second-order valence-electron chi connectivity index (χ2n) is 6.41. The number of hydrogen-bond acceptors (Lipinski definition) is 3. The summed E-state index contributed by atoms with van der Waals surface area (Å²) >= 11 is 0. The topological polar surface area (TPSA) is 32.8 Å². The van der Waals surface area contributed by atoms with Gasteiger partial charge in [0.05, 0.1) is 0 Å². The van der Waals surface area contributed by atoms with Gasteiger partial charge in [-0.05, 0) is 40.3 Å². The first-order chi connectivity index (χ1) is 9.74. The Balaban J connectivity index is 2.51. The summed E-state index contributed by atoms with van der Waals surface area (Å²) in [6, 6.07) is 10.1. The van der Waals surface area contributed by atoms with Gasteiger partial charge in [0, 0.05) is 25.2 Å². The molecule has 0 saturated carbocycles. The molecular weight excluding hydrogens is 264 g/mol. The molecular formula is C17H28N2O2. The number of amides is 1. The number of hydrogen-bond donors (Lipinski definition) is 0. The lowest BCUT2D eigenvalue weighted by Crippen LogP contribution is -2.52. The van der Waals surface area contributed by atoms with E-state index in [0.29, 0.717) is 19.2 Å². The Hall–Kier alpha value is -1.55. The van der Waals surface area contributed by atoms with Gasteiger partial charge in [-0.3, -0.25) is 4.90 Å². The van der Waals surface area contributed by atoms with Crippen molar-refractivity contribution in [3.8, 4) is 0 Å². The molecule has 0 aliphatic rings. The van der Waals surface area contributed by atoms with Crippen LogP contribution in [-0.4, -0.2) is 48.1 Å². The number of carbonyl (C=O) groups is 1. The van der Waals surface area contributed by atoms with Gasteiger partial charge in [-0.2, -0.15) is 0 Å². The van der Waals surface area contributed by atoms with Gasteiger partial charge >= 0.3 is 6.09 Å². The molecule has 1 rings (SSSR count). The van der Waals surface area contributed by atoms with E-state index in [0.717, 1.165) is 5.56 Å². The van der Waals surface area contributed by atoms with Gasteiger partial charge in [0.2, 0.25) is 0 Å². The molecule has 1 aromatic carbocycles. The van der Waals surface area contributed by atoms with E-state index in [4.69, 9.17) is 4.74 Å². The monoisotopic (exact) mass is 292 g/mol. The molecule has 4 heteroatoms. The lowest BCUT2D eigenvalue weighted by atomic mass is 10.0. The van der Waals surface area contributed by atoms with E-state index in [1.165, 1.54) is 0 Å². The maximum absolute atomic E-state index is 12.1. The average molecular weight is 292 g/mol. The van der Waals surface area contributed by atoms with E-state index in [-0.39, 0.29) is 11.6 Å². The SMILES string of the molecule is CC(C)N(C)C(C)(C)CN(C)C(=O)OCc1ccccc1. The molecule has 0 aliphatic carbocycles. The molecule has 0 atom stereocenters. The summed E-state index contributed by atoms with van der Waals surface area (Å²) in [5.74, 6) is 0. The van der Waals surface area contributed by atoms with Crippen LogP contribution in [0.5, 0.6) is 0 Å². The summed E-state index contributed by atoms with van der Waals surface area (Å²) in [7, 11) is 3.86. The van der Waals surface area contributed by atoms with Crippen LogP contribution in [0.15, 0.2) is 30.3 Å². The Morgan fingerprint density at radius 2 is 1.76 bits per heavy atom. The molecule has 0 heterocycles. The Labute approximate surface area is 128 Å². The normalized spacial score (nSPS) is 11.8. The van der Waals surface area contributed by atoms with E-state index in [9.17, 15) is 4.79 Å². The lowest BCUT2D eigenvalue weighted by molar-refractivity contribution is 0.0602. The van der Waals surface area contributed by atoms with Crippen molar-refractivity contribution >= 4 is 6.09 Å². The molecule has 0 fully saturated rings. The van der Waals surface area contributed by atoms with E-state index >= 15 is 0 Å². The van der Waals surface area contributed by atoms with Gasteiger partial charge in [0.25, 0.3) is 0 Å². The number of ether oxygens (including phenoxy) is 1. The molecule has 0 saturated heterocycles. The van der Waals surface area contributed by atoms with E-state index < -0.39 is 0 Å². The fourth-order valence-corrected chi connectivity index (χ4v) is 2.28. The molecule has 0 aromatic heterocycles. The predicted molar refractivity (Wildman–Crippen MR) is 86.2 cm³/mol. The van der Waals surface area contributed by atoms with E-state index in [1.807, 2.05) is 30.3 Å². The van der Waals surface area contributed by atoms with Gasteiger partial charge in [-0.25, -0.2) is 4.79 Å². The fraction of sp³-hybridized carbons (Fsp3) is 0.588. The third-order valence-corrected chi connectivity index (χ3v) is 3.87. The largest absolute Gasteiger partial charge is 0.445 e. The molecule has 0 N–H and O–H groups in total. The number of likely N-dealkylation sites (N-methyl/N-ethyl adjacent to an activating group) is 2. The number of carbonyl (C=O) groups excluding carboxylic acids is 1. The van der Waals surface area contributed by atoms with Crippen molar-refractivity contribution in [1.82, 2.24) is 9.80 Å². The van der Waals surface area contributed by atoms with Crippen LogP contribution in [0, 0.1) is 0 Å². The lowest BCUT2D eigenvalue weighted by Gasteiger charge is -2.40. The maximum atomic E-state index is 12.1. The molecule has 21 heavy (non-hydrogen) atoms. The van der Waals surface area contributed by atoms with Crippen LogP contribution in [0.4, 0.5) is 4.79 Å². The van der Waals surface area contributed by atoms with Gasteiger partial charge in [-0.1, -0.05) is 30.3 Å². The number of benzene rings is 1. The summed E-state index contributed by atoms with van der Waals surface area (Å²) < 4.78 is 5.34. The van der Waals surface area contributed by atoms with Crippen molar-refractivity contribution in [3.05, 3.63) is 35.9 Å². The number of nitrogens with zero attached hydrogens (tertiary/aromatic N) is 2. The Bertz CT molecular complexity index is 443. The Morgan fingerprint density at radius 3 is 2.29 bits per heavy atom. The highest BCUT2D eigenvalue weighted by molar-refractivity contribution is 5.67. The minimum absolute atomic E-state index is 0.102. The van der Waals surface area contributed by atoms with Crippen LogP contribution in [0.1, 0.15) is 33.3 Å². The molecule has 0 bridgehead atoms. The first-order valence-corrected chi connectivity index (χ1v) is 7.39. The molecule has 1 amide bonds. The smallest absolute Gasteiger partial charge is 0.409 e. The summed E-state index contributed by atoms with van der Waals surface area (Å²) in [5.41, 5.74) is 0.895. The van der Waals surface area contributed by atoms with Crippen LogP contribution < -0.4 is 0 Å². The third-order valence-electron chi connectivity index (χ3n) is 3.87. The highest BCUT2D eigenvalue weighted by atomic mass is 16.6. The van der Waals surface area contributed by atoms with Gasteiger partial charge in [0.15, 0.2) is 0 Å². The third kappa shape index (κ3) is 5.38. The molecule has 0 spiro atoms. The van der Waals surface area contributed by atoms with Crippen LogP contribution in [0.2, 0.25) is 0 Å². The molecule has 0 radical (unpaired) electrons. The first-order valence-electron chi connectivity index (χ1n) is 7.39.